The number of amides is 1. The second kappa shape index (κ2) is 3.88. The van der Waals surface area contributed by atoms with Gasteiger partial charge in [-0.1, -0.05) is 23.7 Å². The highest BCUT2D eigenvalue weighted by Crippen LogP contribution is 2.22. The minimum absolute atomic E-state index is 0.600. The number of rotatable bonds is 2. The summed E-state index contributed by atoms with van der Waals surface area (Å²) in [5.41, 5.74) is 0.212. The smallest absolute Gasteiger partial charge is 0.405 e. The lowest BCUT2D eigenvalue weighted by atomic mass is 9.95. The van der Waals surface area contributed by atoms with Crippen molar-refractivity contribution in [3.63, 3.8) is 0 Å². The van der Waals surface area contributed by atoms with Crippen LogP contribution < -0.4 is 5.32 Å². The summed E-state index contributed by atoms with van der Waals surface area (Å²) in [4.78, 5) is 10.5. The summed E-state index contributed by atoms with van der Waals surface area (Å²) < 4.78 is 0. The van der Waals surface area contributed by atoms with E-state index in [1.165, 1.54) is 0 Å². The van der Waals surface area contributed by atoms with E-state index >= 15 is 0 Å². The molecule has 0 radical (unpaired) electrons. The van der Waals surface area contributed by atoms with Crippen molar-refractivity contribution in [2.24, 2.45) is 0 Å². The van der Waals surface area contributed by atoms with Crippen LogP contribution in [0.3, 0.4) is 0 Å². The molecule has 76 valence electrons. The molecule has 0 aliphatic carbocycles. The Morgan fingerprint density at radius 3 is 2.64 bits per heavy atom. The molecule has 0 unspecified atom stereocenters. The summed E-state index contributed by atoms with van der Waals surface area (Å²) in [5.74, 6) is 0. The first kappa shape index (κ1) is 10.9. The molecule has 0 fully saturated rings. The fraction of sp³-hybridized carbons (Fsp3) is 0.300. The van der Waals surface area contributed by atoms with Crippen molar-refractivity contribution in [2.45, 2.75) is 19.4 Å². The van der Waals surface area contributed by atoms with Crippen LogP contribution in [0.2, 0.25) is 5.02 Å². The van der Waals surface area contributed by atoms with Crippen LogP contribution in [-0.4, -0.2) is 11.2 Å². The van der Waals surface area contributed by atoms with Crippen molar-refractivity contribution in [3.05, 3.63) is 34.9 Å². The Morgan fingerprint density at radius 1 is 1.50 bits per heavy atom. The lowest BCUT2D eigenvalue weighted by molar-refractivity contribution is 0.182. The molecule has 3 nitrogen and oxygen atoms in total. The Morgan fingerprint density at radius 2 is 2.14 bits per heavy atom. The maximum atomic E-state index is 10.5. The molecular formula is C10H12ClNO2. The van der Waals surface area contributed by atoms with Crippen molar-refractivity contribution in [2.75, 3.05) is 0 Å². The summed E-state index contributed by atoms with van der Waals surface area (Å²) in [6.45, 7) is 3.57. The standard InChI is InChI=1S/C10H12ClNO2/c1-10(2,12-9(13)14)7-4-3-5-8(11)6-7/h3-6,12H,1-2H3,(H,13,14). The molecule has 0 bridgehead atoms. The maximum absolute atomic E-state index is 10.5. The third kappa shape index (κ3) is 2.64. The van der Waals surface area contributed by atoms with E-state index in [2.05, 4.69) is 5.32 Å². The van der Waals surface area contributed by atoms with Gasteiger partial charge in [0, 0.05) is 5.02 Å². The monoisotopic (exact) mass is 213 g/mol. The van der Waals surface area contributed by atoms with Gasteiger partial charge < -0.3 is 10.4 Å². The van der Waals surface area contributed by atoms with Crippen LogP contribution in [0.4, 0.5) is 4.79 Å². The fourth-order valence-electron chi connectivity index (χ4n) is 1.22. The molecule has 0 aromatic heterocycles. The zero-order valence-corrected chi connectivity index (χ0v) is 8.80. The molecule has 0 aliphatic rings. The van der Waals surface area contributed by atoms with Crippen molar-refractivity contribution >= 4 is 17.7 Å². The number of carbonyl (C=O) groups is 1. The summed E-state index contributed by atoms with van der Waals surface area (Å²) in [6.07, 6.45) is -1.05. The van der Waals surface area contributed by atoms with Crippen LogP contribution >= 0.6 is 11.6 Å². The third-order valence-corrected chi connectivity index (χ3v) is 2.20. The van der Waals surface area contributed by atoms with Gasteiger partial charge in [-0.25, -0.2) is 4.79 Å². The van der Waals surface area contributed by atoms with Gasteiger partial charge in [0.15, 0.2) is 0 Å². The molecule has 0 heterocycles. The second-order valence-corrected chi connectivity index (χ2v) is 4.00. The van der Waals surface area contributed by atoms with Gasteiger partial charge in [-0.3, -0.25) is 0 Å². The highest BCUT2D eigenvalue weighted by molar-refractivity contribution is 6.30. The Bertz CT molecular complexity index is 350. The van der Waals surface area contributed by atoms with E-state index in [1.54, 1.807) is 32.0 Å². The first-order chi connectivity index (χ1) is 6.42. The Hall–Kier alpha value is -1.22. The molecule has 0 saturated heterocycles. The summed E-state index contributed by atoms with van der Waals surface area (Å²) in [5, 5.41) is 11.7. The van der Waals surface area contributed by atoms with Crippen molar-refractivity contribution in [1.82, 2.24) is 5.32 Å². The zero-order chi connectivity index (χ0) is 10.8. The molecule has 0 saturated carbocycles. The quantitative estimate of drug-likeness (QED) is 0.794. The second-order valence-electron chi connectivity index (χ2n) is 3.57. The van der Waals surface area contributed by atoms with Crippen molar-refractivity contribution in [3.8, 4) is 0 Å². The van der Waals surface area contributed by atoms with E-state index in [0.29, 0.717) is 5.02 Å². The number of carboxylic acid groups (broad SMARTS) is 1. The van der Waals surface area contributed by atoms with E-state index in [1.807, 2.05) is 6.07 Å². The average Bonchev–Trinajstić information content (AvgIpc) is 2.01. The first-order valence-corrected chi connectivity index (χ1v) is 4.57. The van der Waals surface area contributed by atoms with Crippen LogP contribution in [0.25, 0.3) is 0 Å². The maximum Gasteiger partial charge on any atom is 0.405 e. The molecule has 2 N–H and O–H groups in total. The molecule has 1 rings (SSSR count). The van der Waals surface area contributed by atoms with Gasteiger partial charge in [0.05, 0.1) is 5.54 Å². The first-order valence-electron chi connectivity index (χ1n) is 4.19. The predicted molar refractivity (Wildman–Crippen MR) is 55.6 cm³/mol. The Labute approximate surface area is 87.7 Å². The van der Waals surface area contributed by atoms with Gasteiger partial charge >= 0.3 is 6.09 Å². The highest BCUT2D eigenvalue weighted by Gasteiger charge is 2.22. The lowest BCUT2D eigenvalue weighted by Crippen LogP contribution is -2.39. The van der Waals surface area contributed by atoms with Crippen LogP contribution in [0, 0.1) is 0 Å². The summed E-state index contributed by atoms with van der Waals surface area (Å²) >= 11 is 5.81. The average molecular weight is 214 g/mol. The van der Waals surface area contributed by atoms with Gasteiger partial charge in [0.2, 0.25) is 0 Å². The lowest BCUT2D eigenvalue weighted by Gasteiger charge is -2.25. The van der Waals surface area contributed by atoms with Crippen LogP contribution in [0.15, 0.2) is 24.3 Å². The molecule has 0 spiro atoms. The van der Waals surface area contributed by atoms with E-state index < -0.39 is 11.6 Å². The number of halogens is 1. The van der Waals surface area contributed by atoms with Gasteiger partial charge in [-0.2, -0.15) is 0 Å². The zero-order valence-electron chi connectivity index (χ0n) is 8.04. The predicted octanol–water partition coefficient (Wildman–Crippen LogP) is 2.84. The van der Waals surface area contributed by atoms with E-state index in [4.69, 9.17) is 16.7 Å². The molecule has 1 aromatic rings. The number of hydrogen-bond acceptors (Lipinski definition) is 1. The van der Waals surface area contributed by atoms with Gasteiger partial charge in [-0.05, 0) is 31.5 Å². The summed E-state index contributed by atoms with van der Waals surface area (Å²) in [6, 6.07) is 7.13. The number of hydrogen-bond donors (Lipinski definition) is 2. The summed E-state index contributed by atoms with van der Waals surface area (Å²) in [7, 11) is 0. The van der Waals surface area contributed by atoms with Gasteiger partial charge in [0.1, 0.15) is 0 Å². The largest absolute Gasteiger partial charge is 0.465 e. The Balaban J connectivity index is 2.97. The third-order valence-electron chi connectivity index (χ3n) is 1.97. The number of benzene rings is 1. The molecule has 1 aromatic carbocycles. The van der Waals surface area contributed by atoms with Crippen molar-refractivity contribution in [1.29, 1.82) is 0 Å². The fourth-order valence-corrected chi connectivity index (χ4v) is 1.41. The molecule has 14 heavy (non-hydrogen) atoms. The number of nitrogens with one attached hydrogen (secondary N) is 1. The van der Waals surface area contributed by atoms with Crippen molar-refractivity contribution < 1.29 is 9.90 Å². The molecule has 0 atom stereocenters. The van der Waals surface area contributed by atoms with Gasteiger partial charge in [-0.15, -0.1) is 0 Å². The minimum atomic E-state index is -1.05. The Kier molecular flexibility index (Phi) is 3.01. The highest BCUT2D eigenvalue weighted by atomic mass is 35.5. The van der Waals surface area contributed by atoms with Crippen LogP contribution in [-0.2, 0) is 5.54 Å². The van der Waals surface area contributed by atoms with E-state index in [0.717, 1.165) is 5.56 Å². The molecule has 4 heteroatoms. The minimum Gasteiger partial charge on any atom is -0.465 e. The van der Waals surface area contributed by atoms with E-state index in [9.17, 15) is 4.79 Å². The van der Waals surface area contributed by atoms with Crippen LogP contribution in [0.5, 0.6) is 0 Å². The SMILES string of the molecule is CC(C)(NC(=O)O)c1cccc(Cl)c1. The van der Waals surface area contributed by atoms with E-state index in [-0.39, 0.29) is 0 Å². The molecule has 0 aliphatic heterocycles. The normalized spacial score (nSPS) is 11.1. The molecular weight excluding hydrogens is 202 g/mol. The topological polar surface area (TPSA) is 49.3 Å². The van der Waals surface area contributed by atoms with Gasteiger partial charge in [0.25, 0.3) is 0 Å². The van der Waals surface area contributed by atoms with Crippen LogP contribution in [0.1, 0.15) is 19.4 Å². The molecule has 1 amide bonds.